The van der Waals surface area contributed by atoms with E-state index in [1.807, 2.05) is 22.7 Å². The third kappa shape index (κ3) is 5.44. The second-order valence-corrected chi connectivity index (χ2v) is 10.3. The number of imidazole rings is 1. The molecule has 1 fully saturated rings. The van der Waals surface area contributed by atoms with Gasteiger partial charge >= 0.3 is 5.97 Å². The van der Waals surface area contributed by atoms with Crippen LogP contribution in [0.1, 0.15) is 48.6 Å². The molecule has 3 heterocycles. The number of thiazole rings is 1. The molecule has 34 heavy (non-hydrogen) atoms. The molecule has 4 rings (SSSR count). The summed E-state index contributed by atoms with van der Waals surface area (Å²) in [6.45, 7) is 0. The monoisotopic (exact) mass is 555 g/mol. The highest BCUT2D eigenvalue weighted by atomic mass is 79.9. The molecular weight excluding hydrogens is 532 g/mol. The molecule has 3 aromatic rings. The lowest BCUT2D eigenvalue weighted by Crippen LogP contribution is -2.44. The number of hydrogen-bond donors (Lipinski definition) is 2. The van der Waals surface area contributed by atoms with Gasteiger partial charge in [-0.2, -0.15) is 0 Å². The summed E-state index contributed by atoms with van der Waals surface area (Å²) in [5.41, 5.74) is 7.56. The van der Waals surface area contributed by atoms with Gasteiger partial charge < -0.3 is 20.2 Å². The van der Waals surface area contributed by atoms with Gasteiger partial charge in [-0.1, -0.05) is 0 Å². The molecule has 2 atom stereocenters. The summed E-state index contributed by atoms with van der Waals surface area (Å²) in [5.74, 6) is -4.25. The Labute approximate surface area is 207 Å². The first-order valence-electron chi connectivity index (χ1n) is 10.8. The van der Waals surface area contributed by atoms with Gasteiger partial charge in [-0.3, -0.25) is 9.59 Å². The largest absolute Gasteiger partial charge is 0.469 e. The first kappa shape index (κ1) is 24.7. The van der Waals surface area contributed by atoms with Gasteiger partial charge in [0.1, 0.15) is 5.65 Å². The highest BCUT2D eigenvalue weighted by Gasteiger charge is 2.38. The smallest absolute Gasteiger partial charge is 0.306 e. The maximum atomic E-state index is 13.4. The molecule has 8 nitrogen and oxygen atoms in total. The highest BCUT2D eigenvalue weighted by Crippen LogP contribution is 2.38. The summed E-state index contributed by atoms with van der Waals surface area (Å²) in [5, 5.41) is 3.02. The Kier molecular flexibility index (Phi) is 7.29. The summed E-state index contributed by atoms with van der Waals surface area (Å²) in [6.07, 6.45) is 5.10. The van der Waals surface area contributed by atoms with Crippen molar-refractivity contribution < 1.29 is 23.1 Å². The number of rotatable bonds is 7. The third-order valence-electron chi connectivity index (χ3n) is 6.12. The van der Waals surface area contributed by atoms with Gasteiger partial charge in [-0.05, 0) is 46.8 Å². The van der Waals surface area contributed by atoms with E-state index in [2.05, 4.69) is 31.2 Å². The molecule has 12 heteroatoms. The van der Waals surface area contributed by atoms with Crippen LogP contribution in [0.25, 0.3) is 5.65 Å². The fraction of sp³-hybridized carbons (Fsp3) is 0.455. The van der Waals surface area contributed by atoms with E-state index in [-0.39, 0.29) is 38.0 Å². The van der Waals surface area contributed by atoms with Gasteiger partial charge in [0.05, 0.1) is 25.3 Å². The number of ether oxygens (including phenoxy) is 1. The summed E-state index contributed by atoms with van der Waals surface area (Å²) < 4.78 is 34.5. The summed E-state index contributed by atoms with van der Waals surface area (Å²) >= 11 is 4.67. The fourth-order valence-corrected chi connectivity index (χ4v) is 5.43. The number of carbonyl (C=O) groups excluding carboxylic acids is 2. The van der Waals surface area contributed by atoms with Crippen molar-refractivity contribution >= 4 is 49.9 Å². The Hall–Kier alpha value is -2.44. The van der Waals surface area contributed by atoms with Crippen molar-refractivity contribution in [3.05, 3.63) is 45.8 Å². The van der Waals surface area contributed by atoms with E-state index < -0.39 is 29.8 Å². The van der Waals surface area contributed by atoms with Crippen LogP contribution in [0.4, 0.5) is 13.9 Å². The number of hydrogen-bond acceptors (Lipinski definition) is 7. The topological polar surface area (TPSA) is 112 Å². The van der Waals surface area contributed by atoms with E-state index >= 15 is 0 Å². The molecule has 1 aliphatic carbocycles. The molecule has 1 amide bonds. The number of fused-ring (bicyclic) bond motifs is 1. The van der Waals surface area contributed by atoms with Gasteiger partial charge in [-0.15, -0.1) is 11.3 Å². The number of methoxy groups -OCH3 is 1. The number of alkyl halides is 2. The minimum Gasteiger partial charge on any atom is -0.469 e. The van der Waals surface area contributed by atoms with Crippen LogP contribution in [-0.2, 0) is 14.3 Å². The van der Waals surface area contributed by atoms with Crippen molar-refractivity contribution in [3.8, 4) is 0 Å². The maximum Gasteiger partial charge on any atom is 0.306 e. The van der Waals surface area contributed by atoms with Crippen molar-refractivity contribution in [2.45, 2.75) is 50.0 Å². The molecule has 0 spiro atoms. The quantitative estimate of drug-likeness (QED) is 0.419. The molecule has 0 aliphatic heterocycles. The predicted molar refractivity (Wildman–Crippen MR) is 127 cm³/mol. The van der Waals surface area contributed by atoms with E-state index in [1.165, 1.54) is 18.4 Å². The molecule has 1 aliphatic rings. The van der Waals surface area contributed by atoms with Crippen LogP contribution in [0.15, 0.2) is 35.2 Å². The lowest BCUT2D eigenvalue weighted by Gasteiger charge is -2.31. The number of anilines is 1. The van der Waals surface area contributed by atoms with Crippen LogP contribution in [0, 0.1) is 5.92 Å². The minimum atomic E-state index is -2.68. The Morgan fingerprint density at radius 1 is 1.32 bits per heavy atom. The molecule has 0 bridgehead atoms. The zero-order valence-electron chi connectivity index (χ0n) is 18.3. The number of halogens is 3. The van der Waals surface area contributed by atoms with Crippen LogP contribution >= 0.6 is 27.3 Å². The van der Waals surface area contributed by atoms with E-state index in [4.69, 9.17) is 10.5 Å². The number of aromatic nitrogens is 3. The van der Waals surface area contributed by atoms with Crippen molar-refractivity contribution in [2.24, 2.45) is 11.7 Å². The summed E-state index contributed by atoms with van der Waals surface area (Å²) in [6, 6.07) is 2.83. The first-order chi connectivity index (χ1) is 16.2. The predicted octanol–water partition coefficient (Wildman–Crippen LogP) is 4.34. The molecule has 0 aromatic carbocycles. The standard InChI is InChI=1S/C22H24BrF2N5O3S/c1-33-18(31)8-14(15-9-27-17-3-2-13(23)11-30(15)17)16-10-28-21(34-16)29-20(32)19(26)12-4-6-22(24,25)7-5-12/h2-3,9-12,14,19H,4-8,26H2,1H3,(H,28,29,32)/t14?,19-/m0/s1. The van der Waals surface area contributed by atoms with E-state index in [0.29, 0.717) is 5.13 Å². The first-order valence-corrected chi connectivity index (χ1v) is 12.4. The molecule has 1 unspecified atom stereocenters. The maximum absolute atomic E-state index is 13.4. The zero-order valence-corrected chi connectivity index (χ0v) is 20.7. The summed E-state index contributed by atoms with van der Waals surface area (Å²) in [4.78, 5) is 34.3. The number of nitrogens with zero attached hydrogens (tertiary/aromatic N) is 3. The van der Waals surface area contributed by atoms with Crippen molar-refractivity contribution in [3.63, 3.8) is 0 Å². The average Bonchev–Trinajstić information content (AvgIpc) is 3.43. The number of pyridine rings is 1. The normalized spacial score (nSPS) is 17.9. The van der Waals surface area contributed by atoms with Gasteiger partial charge in [0.15, 0.2) is 5.13 Å². The van der Waals surface area contributed by atoms with Crippen molar-refractivity contribution in [2.75, 3.05) is 12.4 Å². The van der Waals surface area contributed by atoms with Gasteiger partial charge in [0.25, 0.3) is 0 Å². The van der Waals surface area contributed by atoms with Gasteiger partial charge in [0, 0.05) is 46.7 Å². The van der Waals surface area contributed by atoms with Crippen LogP contribution in [0.3, 0.4) is 0 Å². The van der Waals surface area contributed by atoms with Gasteiger partial charge in [-0.25, -0.2) is 18.7 Å². The van der Waals surface area contributed by atoms with E-state index in [1.54, 1.807) is 12.4 Å². The average molecular weight is 556 g/mol. The van der Waals surface area contributed by atoms with E-state index in [9.17, 15) is 18.4 Å². The Balaban J connectivity index is 1.53. The molecule has 3 aromatic heterocycles. The molecule has 182 valence electrons. The lowest BCUT2D eigenvalue weighted by atomic mass is 9.82. The molecule has 3 N–H and O–H groups in total. The molecule has 1 saturated carbocycles. The number of amides is 1. The zero-order chi connectivity index (χ0) is 24.5. The van der Waals surface area contributed by atoms with Crippen molar-refractivity contribution in [1.29, 1.82) is 0 Å². The lowest BCUT2D eigenvalue weighted by molar-refractivity contribution is -0.140. The number of esters is 1. The second kappa shape index (κ2) is 10.0. The Morgan fingerprint density at radius 2 is 2.06 bits per heavy atom. The van der Waals surface area contributed by atoms with E-state index in [0.717, 1.165) is 20.7 Å². The van der Waals surface area contributed by atoms with Crippen molar-refractivity contribution in [1.82, 2.24) is 14.4 Å². The number of nitrogens with two attached hydrogens (primary N) is 1. The van der Waals surface area contributed by atoms with Gasteiger partial charge in [0.2, 0.25) is 11.8 Å². The van der Waals surface area contributed by atoms with Crippen LogP contribution in [0.2, 0.25) is 0 Å². The summed E-state index contributed by atoms with van der Waals surface area (Å²) in [7, 11) is 1.32. The number of carbonyl (C=O) groups is 2. The van der Waals surface area contributed by atoms with Crippen LogP contribution < -0.4 is 11.1 Å². The third-order valence-corrected chi connectivity index (χ3v) is 7.62. The molecule has 0 saturated heterocycles. The molecular formula is C22H24BrF2N5O3S. The Bertz CT molecular complexity index is 1190. The minimum absolute atomic E-state index is 0.0577. The second-order valence-electron chi connectivity index (χ2n) is 8.37. The molecule has 0 radical (unpaired) electrons. The van der Waals surface area contributed by atoms with Crippen LogP contribution in [0.5, 0.6) is 0 Å². The number of nitrogens with one attached hydrogen (secondary N) is 1. The highest BCUT2D eigenvalue weighted by molar-refractivity contribution is 9.10. The van der Waals surface area contributed by atoms with Crippen LogP contribution in [-0.4, -0.2) is 45.3 Å². The fourth-order valence-electron chi connectivity index (χ4n) is 4.16. The Morgan fingerprint density at radius 3 is 2.76 bits per heavy atom. The SMILES string of the molecule is COC(=O)CC(c1cnc(NC(=O)[C@@H](N)C2CCC(F)(F)CC2)s1)c1cnc2ccc(Br)cn12.